The number of carbonyl (C=O) groups is 3. The first-order chi connectivity index (χ1) is 18.3. The highest BCUT2D eigenvalue weighted by molar-refractivity contribution is 7.99. The van der Waals surface area contributed by atoms with E-state index in [0.29, 0.717) is 29.2 Å². The summed E-state index contributed by atoms with van der Waals surface area (Å²) in [5.41, 5.74) is 1.59. The Morgan fingerprint density at radius 1 is 0.947 bits per heavy atom. The zero-order valence-corrected chi connectivity index (χ0v) is 23.1. The maximum Gasteiger partial charge on any atom is 0.408 e. The van der Waals surface area contributed by atoms with Gasteiger partial charge >= 0.3 is 6.09 Å². The number of Topliss-reactive ketones (excluding diaryl/α,β-unsaturated/α-hetero) is 1. The van der Waals surface area contributed by atoms with Crippen LogP contribution in [-0.2, 0) is 33.1 Å². The van der Waals surface area contributed by atoms with Crippen molar-refractivity contribution < 1.29 is 23.5 Å². The third kappa shape index (κ3) is 9.91. The summed E-state index contributed by atoms with van der Waals surface area (Å²) in [4.78, 5) is 39.1. The highest BCUT2D eigenvalue weighted by Crippen LogP contribution is 2.17. The second-order valence-electron chi connectivity index (χ2n) is 9.28. The number of amides is 2. The Kier molecular flexibility index (Phi) is 11.8. The van der Waals surface area contributed by atoms with E-state index in [2.05, 4.69) is 10.6 Å². The van der Waals surface area contributed by atoms with Gasteiger partial charge in [-0.15, -0.1) is 11.8 Å². The van der Waals surface area contributed by atoms with Crippen LogP contribution < -0.4 is 10.6 Å². The molecule has 0 aliphatic carbocycles. The fourth-order valence-electron chi connectivity index (χ4n) is 3.76. The minimum Gasteiger partial charge on any atom is -0.468 e. The van der Waals surface area contributed by atoms with Crippen LogP contribution in [0.25, 0.3) is 0 Å². The summed E-state index contributed by atoms with van der Waals surface area (Å²) in [5, 5.41) is 6.04. The molecule has 0 radical (unpaired) electrons. The third-order valence-electron chi connectivity index (χ3n) is 5.69. The van der Waals surface area contributed by atoms with Gasteiger partial charge in [-0.3, -0.25) is 9.59 Å². The molecule has 2 aromatic carbocycles. The summed E-state index contributed by atoms with van der Waals surface area (Å²) in [5.74, 6) is 1.12. The van der Waals surface area contributed by atoms with Crippen LogP contribution in [0, 0.1) is 5.92 Å². The summed E-state index contributed by atoms with van der Waals surface area (Å²) in [7, 11) is 0. The fraction of sp³-hybridized carbons (Fsp3) is 0.345. The maximum atomic E-state index is 13.3. The number of hydrogen-bond acceptors (Lipinski definition) is 6. The molecule has 2 unspecified atom stereocenters. The number of ether oxygens (including phenoxy) is 1. The van der Waals surface area contributed by atoms with Crippen molar-refractivity contribution >= 4 is 41.1 Å². The molecule has 7 nitrogen and oxygen atoms in total. The van der Waals surface area contributed by atoms with E-state index >= 15 is 0 Å². The summed E-state index contributed by atoms with van der Waals surface area (Å²) < 4.78 is 10.6. The summed E-state index contributed by atoms with van der Waals surface area (Å²) in [6.45, 7) is 3.88. The summed E-state index contributed by atoms with van der Waals surface area (Å²) in [6.07, 6.45) is 1.59. The number of hydrogen-bond donors (Lipinski definition) is 2. The van der Waals surface area contributed by atoms with Crippen LogP contribution in [0.15, 0.2) is 77.4 Å². The molecule has 202 valence electrons. The number of thioether (sulfide) groups is 1. The van der Waals surface area contributed by atoms with Gasteiger partial charge in [0.2, 0.25) is 5.91 Å². The van der Waals surface area contributed by atoms with E-state index < -0.39 is 24.1 Å². The number of rotatable bonds is 14. The van der Waals surface area contributed by atoms with Gasteiger partial charge in [0.25, 0.3) is 0 Å². The van der Waals surface area contributed by atoms with E-state index in [0.717, 1.165) is 11.3 Å². The quantitative estimate of drug-likeness (QED) is 0.260. The highest BCUT2D eigenvalue weighted by Gasteiger charge is 2.28. The molecule has 1 aromatic heterocycles. The van der Waals surface area contributed by atoms with Crippen molar-refractivity contribution in [3.63, 3.8) is 0 Å². The molecule has 0 saturated carbocycles. The predicted octanol–water partition coefficient (Wildman–Crippen LogP) is 5.80. The zero-order chi connectivity index (χ0) is 27.3. The van der Waals surface area contributed by atoms with Gasteiger partial charge in [0.15, 0.2) is 5.78 Å². The van der Waals surface area contributed by atoms with Crippen molar-refractivity contribution in [1.82, 2.24) is 10.6 Å². The minimum absolute atomic E-state index is 0.0243. The monoisotopic (exact) mass is 556 g/mol. The fourth-order valence-corrected chi connectivity index (χ4v) is 4.82. The van der Waals surface area contributed by atoms with Crippen LogP contribution in [0.5, 0.6) is 0 Å². The van der Waals surface area contributed by atoms with E-state index in [1.54, 1.807) is 36.6 Å². The van der Waals surface area contributed by atoms with Crippen molar-refractivity contribution in [3.8, 4) is 0 Å². The molecule has 3 rings (SSSR count). The van der Waals surface area contributed by atoms with Gasteiger partial charge in [-0.05, 0) is 42.5 Å². The van der Waals surface area contributed by atoms with E-state index in [-0.39, 0.29) is 24.1 Å². The van der Waals surface area contributed by atoms with Gasteiger partial charge in [0, 0.05) is 10.6 Å². The van der Waals surface area contributed by atoms with Gasteiger partial charge in [-0.1, -0.05) is 74.0 Å². The largest absolute Gasteiger partial charge is 0.468 e. The van der Waals surface area contributed by atoms with Crippen LogP contribution in [0.4, 0.5) is 4.79 Å². The Hall–Kier alpha value is -3.23. The van der Waals surface area contributed by atoms with E-state index in [1.807, 2.05) is 50.2 Å². The number of furan rings is 1. The van der Waals surface area contributed by atoms with Crippen LogP contribution in [0.3, 0.4) is 0 Å². The second kappa shape index (κ2) is 15.2. The third-order valence-corrected chi connectivity index (χ3v) is 7.03. The van der Waals surface area contributed by atoms with Crippen LogP contribution in [-0.4, -0.2) is 35.6 Å². The van der Waals surface area contributed by atoms with E-state index in [9.17, 15) is 14.4 Å². The first-order valence-corrected chi connectivity index (χ1v) is 14.0. The van der Waals surface area contributed by atoms with E-state index in [4.69, 9.17) is 20.8 Å². The summed E-state index contributed by atoms with van der Waals surface area (Å²) >= 11 is 7.56. The summed E-state index contributed by atoms with van der Waals surface area (Å²) in [6, 6.07) is 18.6. The minimum atomic E-state index is -0.865. The Morgan fingerprint density at radius 2 is 1.68 bits per heavy atom. The average molecular weight is 557 g/mol. The van der Waals surface area contributed by atoms with Gasteiger partial charge in [-0.2, -0.15) is 0 Å². The second-order valence-corrected chi connectivity index (χ2v) is 10.7. The molecule has 2 atom stereocenters. The molecule has 0 spiro atoms. The average Bonchev–Trinajstić information content (AvgIpc) is 3.41. The zero-order valence-electron chi connectivity index (χ0n) is 21.5. The lowest BCUT2D eigenvalue weighted by molar-refractivity contribution is -0.128. The van der Waals surface area contributed by atoms with Crippen LogP contribution in [0.1, 0.15) is 37.2 Å². The van der Waals surface area contributed by atoms with Crippen molar-refractivity contribution in [2.24, 2.45) is 5.92 Å². The van der Waals surface area contributed by atoms with Crippen molar-refractivity contribution in [1.29, 1.82) is 0 Å². The maximum absolute atomic E-state index is 13.3. The molecule has 1 heterocycles. The van der Waals surface area contributed by atoms with Gasteiger partial charge < -0.3 is 19.8 Å². The number of halogens is 1. The molecule has 0 fully saturated rings. The van der Waals surface area contributed by atoms with Crippen LogP contribution >= 0.6 is 23.4 Å². The van der Waals surface area contributed by atoms with E-state index in [1.165, 1.54) is 11.8 Å². The molecule has 0 aliphatic heterocycles. The smallest absolute Gasteiger partial charge is 0.408 e. The highest BCUT2D eigenvalue weighted by atomic mass is 35.5. The van der Waals surface area contributed by atoms with Crippen molar-refractivity contribution in [2.45, 2.75) is 51.1 Å². The first-order valence-electron chi connectivity index (χ1n) is 12.5. The number of ketones is 1. The Bertz CT molecular complexity index is 1170. The molecule has 0 aliphatic rings. The molecule has 2 N–H and O–H groups in total. The number of alkyl carbamates (subject to hydrolysis) is 1. The van der Waals surface area contributed by atoms with Crippen molar-refractivity contribution in [2.75, 3.05) is 5.75 Å². The molecule has 2 amide bonds. The van der Waals surface area contributed by atoms with Gasteiger partial charge in [0.1, 0.15) is 18.4 Å². The lowest BCUT2D eigenvalue weighted by Gasteiger charge is -2.24. The molecule has 38 heavy (non-hydrogen) atoms. The predicted molar refractivity (Wildman–Crippen MR) is 150 cm³/mol. The molecule has 0 bridgehead atoms. The van der Waals surface area contributed by atoms with Crippen molar-refractivity contribution in [3.05, 3.63) is 94.9 Å². The topological polar surface area (TPSA) is 97.6 Å². The first kappa shape index (κ1) is 29.3. The van der Waals surface area contributed by atoms with Gasteiger partial charge in [-0.25, -0.2) is 4.79 Å². The molecular weight excluding hydrogens is 524 g/mol. The number of carbonyl (C=O) groups excluding carboxylic acids is 3. The molecule has 0 saturated heterocycles. The standard InChI is InChI=1S/C29H33ClN2O5S/c1-20(2)15-26(32-29(35)37-17-22-11-6-7-13-24(22)30)28(34)31-25(16-21-9-4-3-5-10-21)27(33)19-38-18-23-12-8-14-36-23/h3-14,20,25-26H,15-19H2,1-2H3,(H,31,34)(H,32,35). The molecule has 3 aromatic rings. The Balaban J connectivity index is 1.64. The lowest BCUT2D eigenvalue weighted by atomic mass is 10.00. The van der Waals surface area contributed by atoms with Gasteiger partial charge in [0.05, 0.1) is 23.8 Å². The Labute approximate surface area is 232 Å². The SMILES string of the molecule is CC(C)CC(NC(=O)OCc1ccccc1Cl)C(=O)NC(Cc1ccccc1)C(=O)CSCc1ccco1. The number of nitrogens with one attached hydrogen (secondary N) is 2. The lowest BCUT2D eigenvalue weighted by Crippen LogP contribution is -2.53. The van der Waals surface area contributed by atoms with Crippen LogP contribution in [0.2, 0.25) is 5.02 Å². The molecule has 9 heteroatoms. The molecular formula is C29H33ClN2O5S. The normalized spacial score (nSPS) is 12.5. The Morgan fingerprint density at radius 3 is 2.37 bits per heavy atom. The number of benzene rings is 2.